The lowest BCUT2D eigenvalue weighted by Gasteiger charge is -2.17. The van der Waals surface area contributed by atoms with Crippen molar-refractivity contribution in [3.63, 3.8) is 0 Å². The summed E-state index contributed by atoms with van der Waals surface area (Å²) in [7, 11) is 1.51. The number of tetrazole rings is 1. The highest BCUT2D eigenvalue weighted by atomic mass is 16.5. The molecule has 3 unspecified atom stereocenters. The molecule has 1 aliphatic rings. The minimum absolute atomic E-state index is 0.0456. The molecule has 1 aromatic heterocycles. The van der Waals surface area contributed by atoms with Gasteiger partial charge in [-0.15, -0.1) is 5.10 Å². The number of ether oxygens (including phenoxy) is 1. The predicted molar refractivity (Wildman–Crippen MR) is 66.6 cm³/mol. The molecule has 7 nitrogen and oxygen atoms in total. The van der Waals surface area contributed by atoms with Crippen LogP contribution in [0.1, 0.15) is 44.3 Å². The summed E-state index contributed by atoms with van der Waals surface area (Å²) in [5.74, 6) is 0.927. The second kappa shape index (κ2) is 6.10. The number of carboxylic acid groups (broad SMARTS) is 1. The molecule has 7 heteroatoms. The summed E-state index contributed by atoms with van der Waals surface area (Å²) >= 11 is 0. The first-order valence-electron chi connectivity index (χ1n) is 6.62. The lowest BCUT2D eigenvalue weighted by molar-refractivity contribution is -0.140. The van der Waals surface area contributed by atoms with Gasteiger partial charge in [0.15, 0.2) is 5.82 Å². The number of nitrogens with zero attached hydrogens (tertiary/aromatic N) is 4. The molecule has 1 saturated carbocycles. The van der Waals surface area contributed by atoms with E-state index in [1.165, 1.54) is 20.0 Å². The van der Waals surface area contributed by atoms with Crippen LogP contribution in [0.3, 0.4) is 0 Å². The molecule has 0 amide bonds. The number of hydrogen-bond donors (Lipinski definition) is 1. The molecule has 1 N–H and O–H groups in total. The molecule has 0 saturated heterocycles. The zero-order valence-electron chi connectivity index (χ0n) is 11.3. The highest BCUT2D eigenvalue weighted by molar-refractivity contribution is 5.67. The van der Waals surface area contributed by atoms with Crippen LogP contribution < -0.4 is 0 Å². The summed E-state index contributed by atoms with van der Waals surface area (Å²) < 4.78 is 6.88. The molecule has 1 aromatic rings. The second-order valence-corrected chi connectivity index (χ2v) is 5.19. The summed E-state index contributed by atoms with van der Waals surface area (Å²) in [6, 6.07) is 0. The van der Waals surface area contributed by atoms with Crippen LogP contribution in [0, 0.1) is 5.92 Å². The summed E-state index contributed by atoms with van der Waals surface area (Å²) in [6.45, 7) is 2.59. The molecule has 0 aromatic carbocycles. The van der Waals surface area contributed by atoms with Crippen LogP contribution in [0.5, 0.6) is 0 Å². The molecule has 0 aliphatic heterocycles. The van der Waals surface area contributed by atoms with E-state index in [1.807, 2.05) is 0 Å². The van der Waals surface area contributed by atoms with Crippen molar-refractivity contribution in [2.24, 2.45) is 5.92 Å². The first-order chi connectivity index (χ1) is 9.11. The van der Waals surface area contributed by atoms with Crippen LogP contribution in [-0.2, 0) is 16.1 Å². The molecular weight excluding hydrogens is 248 g/mol. The molecule has 3 atom stereocenters. The van der Waals surface area contributed by atoms with Gasteiger partial charge in [-0.1, -0.05) is 13.3 Å². The summed E-state index contributed by atoms with van der Waals surface area (Å²) in [6.07, 6.45) is 3.03. The summed E-state index contributed by atoms with van der Waals surface area (Å²) in [5.41, 5.74) is 0. The van der Waals surface area contributed by atoms with Crippen LogP contribution in [0.15, 0.2) is 0 Å². The van der Waals surface area contributed by atoms with E-state index in [4.69, 9.17) is 9.84 Å². The lowest BCUT2D eigenvalue weighted by Crippen LogP contribution is -2.25. The van der Waals surface area contributed by atoms with Crippen molar-refractivity contribution < 1.29 is 14.6 Å². The third-order valence-corrected chi connectivity index (χ3v) is 3.86. The van der Waals surface area contributed by atoms with Gasteiger partial charge in [-0.3, -0.25) is 4.79 Å². The topological polar surface area (TPSA) is 90.1 Å². The van der Waals surface area contributed by atoms with Crippen molar-refractivity contribution in [1.82, 2.24) is 20.2 Å². The zero-order chi connectivity index (χ0) is 13.8. The molecule has 1 heterocycles. The number of carbonyl (C=O) groups is 1. The fourth-order valence-electron chi connectivity index (χ4n) is 2.75. The van der Waals surface area contributed by atoms with Crippen LogP contribution in [-0.4, -0.2) is 44.5 Å². The molecule has 1 aliphatic carbocycles. The number of aromatic nitrogens is 4. The van der Waals surface area contributed by atoms with Crippen molar-refractivity contribution in [3.05, 3.63) is 5.82 Å². The largest absolute Gasteiger partial charge is 0.481 e. The van der Waals surface area contributed by atoms with E-state index < -0.39 is 12.1 Å². The van der Waals surface area contributed by atoms with Gasteiger partial charge in [0, 0.05) is 13.0 Å². The van der Waals surface area contributed by atoms with Crippen molar-refractivity contribution >= 4 is 5.97 Å². The molecule has 2 rings (SSSR count). The van der Waals surface area contributed by atoms with Gasteiger partial charge in [0.25, 0.3) is 0 Å². The van der Waals surface area contributed by atoms with E-state index in [9.17, 15) is 4.79 Å². The Morgan fingerprint density at radius 1 is 1.58 bits per heavy atom. The Bertz CT molecular complexity index is 434. The van der Waals surface area contributed by atoms with Gasteiger partial charge in [-0.2, -0.15) is 0 Å². The maximum atomic E-state index is 10.7. The van der Waals surface area contributed by atoms with Crippen LogP contribution in [0.25, 0.3) is 0 Å². The van der Waals surface area contributed by atoms with Crippen LogP contribution in [0.4, 0.5) is 0 Å². The zero-order valence-corrected chi connectivity index (χ0v) is 11.3. The van der Waals surface area contributed by atoms with Crippen molar-refractivity contribution in [2.75, 3.05) is 7.11 Å². The highest BCUT2D eigenvalue weighted by Gasteiger charge is 2.30. The fraction of sp³-hybridized carbons (Fsp3) is 0.833. The molecule has 0 radical (unpaired) electrons. The predicted octanol–water partition coefficient (Wildman–Crippen LogP) is 1.07. The van der Waals surface area contributed by atoms with E-state index in [1.54, 1.807) is 4.68 Å². The second-order valence-electron chi connectivity index (χ2n) is 5.19. The average Bonchev–Trinajstić information content (AvgIpc) is 2.96. The Morgan fingerprint density at radius 2 is 2.37 bits per heavy atom. The molecule has 1 fully saturated rings. The molecule has 106 valence electrons. The van der Waals surface area contributed by atoms with Gasteiger partial charge >= 0.3 is 5.97 Å². The van der Waals surface area contributed by atoms with Gasteiger partial charge in [0.2, 0.25) is 0 Å². The SMILES string of the molecule is COC(CC(=O)O)Cn1nnnc1C1CCCC1C. The minimum Gasteiger partial charge on any atom is -0.481 e. The Morgan fingerprint density at radius 3 is 2.95 bits per heavy atom. The van der Waals surface area contributed by atoms with Crippen molar-refractivity contribution in [2.45, 2.75) is 51.2 Å². The monoisotopic (exact) mass is 268 g/mol. The molecule has 19 heavy (non-hydrogen) atoms. The molecule has 0 spiro atoms. The van der Waals surface area contributed by atoms with Crippen molar-refractivity contribution in [1.29, 1.82) is 0 Å². The Kier molecular flexibility index (Phi) is 4.47. The van der Waals surface area contributed by atoms with Gasteiger partial charge in [0.05, 0.1) is 19.1 Å². The van der Waals surface area contributed by atoms with Crippen molar-refractivity contribution in [3.8, 4) is 0 Å². The van der Waals surface area contributed by atoms with Gasteiger partial charge < -0.3 is 9.84 Å². The highest BCUT2D eigenvalue weighted by Crippen LogP contribution is 2.37. The van der Waals surface area contributed by atoms with Crippen LogP contribution >= 0.6 is 0 Å². The minimum atomic E-state index is -0.879. The Hall–Kier alpha value is -1.50. The van der Waals surface area contributed by atoms with E-state index in [0.29, 0.717) is 18.4 Å². The maximum Gasteiger partial charge on any atom is 0.306 e. The summed E-state index contributed by atoms with van der Waals surface area (Å²) in [4.78, 5) is 10.7. The number of carboxylic acids is 1. The van der Waals surface area contributed by atoms with E-state index in [0.717, 1.165) is 12.2 Å². The van der Waals surface area contributed by atoms with Crippen LogP contribution in [0.2, 0.25) is 0 Å². The quantitative estimate of drug-likeness (QED) is 0.829. The third-order valence-electron chi connectivity index (χ3n) is 3.86. The summed E-state index contributed by atoms with van der Waals surface area (Å²) in [5, 5.41) is 20.6. The third kappa shape index (κ3) is 3.28. The van der Waals surface area contributed by atoms with Gasteiger partial charge in [-0.05, 0) is 29.2 Å². The van der Waals surface area contributed by atoms with Gasteiger partial charge in [-0.25, -0.2) is 4.68 Å². The standard InChI is InChI=1S/C12H20N4O3/c1-8-4-3-5-10(8)12-13-14-15-16(12)7-9(19-2)6-11(17)18/h8-10H,3-7H2,1-2H3,(H,17,18). The normalized spacial score (nSPS) is 24.5. The average molecular weight is 268 g/mol. The van der Waals surface area contributed by atoms with E-state index >= 15 is 0 Å². The first-order valence-corrected chi connectivity index (χ1v) is 6.62. The number of methoxy groups -OCH3 is 1. The van der Waals surface area contributed by atoms with Gasteiger partial charge in [0.1, 0.15) is 0 Å². The Labute approximate surface area is 111 Å². The smallest absolute Gasteiger partial charge is 0.306 e. The van der Waals surface area contributed by atoms with E-state index in [2.05, 4.69) is 22.4 Å². The number of aliphatic carboxylic acids is 1. The first kappa shape index (κ1) is 13.9. The lowest BCUT2D eigenvalue weighted by atomic mass is 9.97. The maximum absolute atomic E-state index is 10.7. The fourth-order valence-corrected chi connectivity index (χ4v) is 2.75. The van der Waals surface area contributed by atoms with E-state index in [-0.39, 0.29) is 6.42 Å². The Balaban J connectivity index is 2.08. The molecular formula is C12H20N4O3. The number of hydrogen-bond acceptors (Lipinski definition) is 5. The molecule has 0 bridgehead atoms. The number of rotatable bonds is 6.